The van der Waals surface area contributed by atoms with Crippen LogP contribution in [0.15, 0.2) is 0 Å². The van der Waals surface area contributed by atoms with Crippen LogP contribution in [0, 0.1) is 5.92 Å². The lowest BCUT2D eigenvalue weighted by atomic mass is 9.96. The van der Waals surface area contributed by atoms with Gasteiger partial charge in [-0.05, 0) is 6.42 Å². The molecule has 2 heterocycles. The van der Waals surface area contributed by atoms with E-state index in [0.717, 1.165) is 4.90 Å². The summed E-state index contributed by atoms with van der Waals surface area (Å²) in [7, 11) is 1.45. The first-order valence-electron chi connectivity index (χ1n) is 4.89. The molecule has 0 aliphatic carbocycles. The summed E-state index contributed by atoms with van der Waals surface area (Å²) in [6, 6.07) is 0. The van der Waals surface area contributed by atoms with Crippen molar-refractivity contribution in [3.63, 3.8) is 0 Å². The number of alkyl halides is 2. The van der Waals surface area contributed by atoms with Gasteiger partial charge in [-0.1, -0.05) is 0 Å². The highest BCUT2D eigenvalue weighted by atomic mass is 19.3. The topological polar surface area (TPSA) is 38.8 Å². The lowest BCUT2D eigenvalue weighted by molar-refractivity contribution is -0.134. The molecule has 0 bridgehead atoms. The number of ether oxygens (including phenoxy) is 2. The van der Waals surface area contributed by atoms with E-state index in [9.17, 15) is 13.6 Å². The zero-order valence-corrected chi connectivity index (χ0v) is 8.41. The van der Waals surface area contributed by atoms with Crippen molar-refractivity contribution in [3.8, 4) is 0 Å². The molecule has 1 amide bonds. The van der Waals surface area contributed by atoms with E-state index in [1.807, 2.05) is 0 Å². The Bertz CT molecular complexity index is 266. The molecule has 86 valence electrons. The summed E-state index contributed by atoms with van der Waals surface area (Å²) < 4.78 is 37.1. The minimum absolute atomic E-state index is 0.0464. The largest absolute Gasteiger partial charge is 0.438 e. The van der Waals surface area contributed by atoms with Crippen molar-refractivity contribution < 1.29 is 23.0 Å². The summed E-state index contributed by atoms with van der Waals surface area (Å²) in [6.45, 7) is 0.351. The fraction of sp³-hybridized carbons (Fsp3) is 0.889. The molecule has 15 heavy (non-hydrogen) atoms. The summed E-state index contributed by atoms with van der Waals surface area (Å²) in [4.78, 5) is 12.1. The summed E-state index contributed by atoms with van der Waals surface area (Å²) in [5, 5.41) is 0. The molecule has 0 N–H and O–H groups in total. The first-order valence-corrected chi connectivity index (χ1v) is 4.89. The van der Waals surface area contributed by atoms with Crippen LogP contribution in [0.3, 0.4) is 0 Å². The van der Waals surface area contributed by atoms with Gasteiger partial charge in [-0.25, -0.2) is 13.6 Å². The smallest absolute Gasteiger partial charge is 0.410 e. The zero-order valence-electron chi connectivity index (χ0n) is 8.41. The minimum atomic E-state index is -2.99. The lowest BCUT2D eigenvalue weighted by Gasteiger charge is -2.25. The third-order valence-electron chi connectivity index (χ3n) is 2.90. The number of amides is 1. The molecule has 0 aromatic rings. The Hall–Kier alpha value is -0.910. The van der Waals surface area contributed by atoms with Crippen molar-refractivity contribution in [1.82, 2.24) is 4.90 Å². The molecular weight excluding hydrogens is 208 g/mol. The fourth-order valence-corrected chi connectivity index (χ4v) is 1.87. The van der Waals surface area contributed by atoms with Gasteiger partial charge in [0.05, 0.1) is 19.1 Å². The molecule has 2 fully saturated rings. The van der Waals surface area contributed by atoms with Gasteiger partial charge in [0.15, 0.2) is 6.10 Å². The van der Waals surface area contributed by atoms with E-state index in [2.05, 4.69) is 4.74 Å². The van der Waals surface area contributed by atoms with Crippen LogP contribution >= 0.6 is 0 Å². The molecule has 0 spiro atoms. The maximum Gasteiger partial charge on any atom is 0.410 e. The van der Waals surface area contributed by atoms with Crippen LogP contribution in [-0.2, 0) is 9.47 Å². The highest BCUT2D eigenvalue weighted by Crippen LogP contribution is 2.37. The number of carbonyl (C=O) groups excluding carboxylic acids is 1. The van der Waals surface area contributed by atoms with E-state index in [1.54, 1.807) is 0 Å². The Morgan fingerprint density at radius 2 is 2.27 bits per heavy atom. The fourth-order valence-electron chi connectivity index (χ4n) is 1.87. The molecule has 2 unspecified atom stereocenters. The third kappa shape index (κ3) is 1.78. The predicted molar refractivity (Wildman–Crippen MR) is 46.8 cm³/mol. The Labute approximate surface area is 86.1 Å². The summed E-state index contributed by atoms with van der Waals surface area (Å²) in [6.07, 6.45) is -1.69. The first-order chi connectivity index (χ1) is 7.01. The molecule has 6 heteroatoms. The van der Waals surface area contributed by atoms with E-state index in [4.69, 9.17) is 4.74 Å². The Morgan fingerprint density at radius 3 is 2.73 bits per heavy atom. The predicted octanol–water partition coefficient (Wildman–Crippen LogP) is 1.11. The summed E-state index contributed by atoms with van der Waals surface area (Å²) >= 11 is 0. The molecule has 2 saturated heterocycles. The standard InChI is InChI=1S/C9H13F2NO3/c1-12-4-7(15-8(12)13)9(10,11)6-2-3-14-5-6/h6-7H,2-5H2,1H3. The van der Waals surface area contributed by atoms with Crippen LogP contribution in [0.1, 0.15) is 6.42 Å². The maximum atomic E-state index is 13.8. The van der Waals surface area contributed by atoms with Gasteiger partial charge < -0.3 is 14.4 Å². The second-order valence-corrected chi connectivity index (χ2v) is 3.99. The highest BCUT2D eigenvalue weighted by molar-refractivity contribution is 5.69. The number of cyclic esters (lactones) is 1. The number of likely N-dealkylation sites (N-methyl/N-ethyl adjacent to an activating group) is 1. The summed E-state index contributed by atoms with van der Waals surface area (Å²) in [5.74, 6) is -3.82. The second kappa shape index (κ2) is 3.59. The Kier molecular flexibility index (Phi) is 2.54. The molecule has 2 aliphatic rings. The van der Waals surface area contributed by atoms with Crippen molar-refractivity contribution in [2.45, 2.75) is 18.4 Å². The highest BCUT2D eigenvalue weighted by Gasteiger charge is 2.53. The van der Waals surface area contributed by atoms with Crippen molar-refractivity contribution >= 4 is 6.09 Å². The molecule has 2 rings (SSSR count). The molecule has 4 nitrogen and oxygen atoms in total. The van der Waals surface area contributed by atoms with Crippen molar-refractivity contribution in [2.24, 2.45) is 5.92 Å². The normalized spacial score (nSPS) is 32.2. The van der Waals surface area contributed by atoms with Crippen LogP contribution in [0.2, 0.25) is 0 Å². The van der Waals surface area contributed by atoms with E-state index >= 15 is 0 Å². The first kappa shape index (κ1) is 10.6. The monoisotopic (exact) mass is 221 g/mol. The maximum absolute atomic E-state index is 13.8. The quantitative estimate of drug-likeness (QED) is 0.701. The van der Waals surface area contributed by atoms with Gasteiger partial charge in [0.2, 0.25) is 0 Å². The number of rotatable bonds is 2. The van der Waals surface area contributed by atoms with Gasteiger partial charge in [0.25, 0.3) is 5.92 Å². The van der Waals surface area contributed by atoms with Gasteiger partial charge in [-0.15, -0.1) is 0 Å². The average molecular weight is 221 g/mol. The Morgan fingerprint density at radius 1 is 1.53 bits per heavy atom. The number of hydrogen-bond acceptors (Lipinski definition) is 3. The molecule has 0 aromatic carbocycles. The van der Waals surface area contributed by atoms with Gasteiger partial charge in [-0.3, -0.25) is 0 Å². The molecule has 0 saturated carbocycles. The number of hydrogen-bond donors (Lipinski definition) is 0. The lowest BCUT2D eigenvalue weighted by Crippen LogP contribution is -2.43. The van der Waals surface area contributed by atoms with Crippen LogP contribution < -0.4 is 0 Å². The van der Waals surface area contributed by atoms with Crippen LogP contribution in [0.4, 0.5) is 13.6 Å². The van der Waals surface area contributed by atoms with E-state index < -0.39 is 24.0 Å². The minimum Gasteiger partial charge on any atom is -0.438 e. The molecular formula is C9H13F2NO3. The zero-order chi connectivity index (χ0) is 11.1. The number of carbonyl (C=O) groups is 1. The average Bonchev–Trinajstić information content (AvgIpc) is 2.77. The van der Waals surface area contributed by atoms with E-state index in [0.29, 0.717) is 13.0 Å². The number of halogens is 2. The SMILES string of the molecule is CN1CC(C(F)(F)C2CCOC2)OC1=O. The molecule has 0 aromatic heterocycles. The number of nitrogens with zero attached hydrogens (tertiary/aromatic N) is 1. The van der Waals surface area contributed by atoms with Crippen molar-refractivity contribution in [2.75, 3.05) is 26.8 Å². The van der Waals surface area contributed by atoms with Gasteiger partial charge >= 0.3 is 6.09 Å². The van der Waals surface area contributed by atoms with Crippen LogP contribution in [-0.4, -0.2) is 49.8 Å². The molecule has 2 atom stereocenters. The molecule has 0 radical (unpaired) electrons. The van der Waals surface area contributed by atoms with Gasteiger partial charge in [0, 0.05) is 13.7 Å². The van der Waals surface area contributed by atoms with Gasteiger partial charge in [0.1, 0.15) is 0 Å². The molecule has 2 aliphatic heterocycles. The van der Waals surface area contributed by atoms with Crippen LogP contribution in [0.25, 0.3) is 0 Å². The van der Waals surface area contributed by atoms with Crippen molar-refractivity contribution in [1.29, 1.82) is 0 Å². The summed E-state index contributed by atoms with van der Waals surface area (Å²) in [5.41, 5.74) is 0. The van der Waals surface area contributed by atoms with Gasteiger partial charge in [-0.2, -0.15) is 0 Å². The van der Waals surface area contributed by atoms with Crippen LogP contribution in [0.5, 0.6) is 0 Å². The van der Waals surface area contributed by atoms with Crippen molar-refractivity contribution in [3.05, 3.63) is 0 Å². The van der Waals surface area contributed by atoms with E-state index in [1.165, 1.54) is 7.05 Å². The van der Waals surface area contributed by atoms with E-state index in [-0.39, 0.29) is 13.2 Å². The Balaban J connectivity index is 2.05. The third-order valence-corrected chi connectivity index (χ3v) is 2.90. The second-order valence-electron chi connectivity index (χ2n) is 3.99.